The van der Waals surface area contributed by atoms with E-state index in [0.717, 1.165) is 13.0 Å². The Labute approximate surface area is 108 Å². The first-order chi connectivity index (χ1) is 8.50. The number of aliphatic hydroxyl groups is 1. The van der Waals surface area contributed by atoms with Crippen LogP contribution in [-0.2, 0) is 9.53 Å². The highest BCUT2D eigenvalue weighted by molar-refractivity contribution is 5.84. The summed E-state index contributed by atoms with van der Waals surface area (Å²) in [7, 11) is 0. The predicted octanol–water partition coefficient (Wildman–Crippen LogP) is 0.127. The van der Waals surface area contributed by atoms with Crippen molar-refractivity contribution in [2.75, 3.05) is 26.3 Å². The van der Waals surface area contributed by atoms with E-state index < -0.39 is 5.60 Å². The van der Waals surface area contributed by atoms with E-state index in [1.165, 1.54) is 0 Å². The molecule has 0 spiro atoms. The van der Waals surface area contributed by atoms with E-state index in [-0.39, 0.29) is 11.9 Å². The summed E-state index contributed by atoms with van der Waals surface area (Å²) in [6.07, 6.45) is 2.09. The molecule has 1 amide bonds. The molecule has 0 aromatic heterocycles. The third kappa shape index (κ3) is 3.22. The first-order valence-corrected chi connectivity index (χ1v) is 6.85. The Bertz CT molecular complexity index is 301. The van der Waals surface area contributed by atoms with Crippen molar-refractivity contribution < 1.29 is 14.6 Å². The third-order valence-corrected chi connectivity index (χ3v) is 3.74. The van der Waals surface area contributed by atoms with Crippen molar-refractivity contribution in [1.29, 1.82) is 0 Å². The number of carbonyl (C=O) groups excluding carboxylic acids is 1. The van der Waals surface area contributed by atoms with Gasteiger partial charge in [-0.15, -0.1) is 0 Å². The van der Waals surface area contributed by atoms with Gasteiger partial charge in [-0.3, -0.25) is 4.79 Å². The minimum absolute atomic E-state index is 0.0755. The fourth-order valence-corrected chi connectivity index (χ4v) is 2.72. The predicted molar refractivity (Wildman–Crippen MR) is 68.3 cm³/mol. The molecule has 2 aliphatic heterocycles. The molecule has 0 bridgehead atoms. The highest BCUT2D eigenvalue weighted by atomic mass is 16.5. The molecule has 5 nitrogen and oxygen atoms in total. The second-order valence-corrected chi connectivity index (χ2v) is 5.76. The first kappa shape index (κ1) is 13.8. The summed E-state index contributed by atoms with van der Waals surface area (Å²) in [5.74, 6) is 0.128. The molecular formula is C13H24N2O3. The molecule has 104 valence electrons. The van der Waals surface area contributed by atoms with Crippen molar-refractivity contribution >= 4 is 5.91 Å². The van der Waals surface area contributed by atoms with Crippen LogP contribution in [0.1, 0.15) is 33.1 Å². The number of nitrogens with one attached hydrogen (secondary N) is 1. The van der Waals surface area contributed by atoms with Crippen LogP contribution in [0.15, 0.2) is 0 Å². The molecule has 18 heavy (non-hydrogen) atoms. The van der Waals surface area contributed by atoms with Gasteiger partial charge in [-0.2, -0.15) is 0 Å². The van der Waals surface area contributed by atoms with Crippen LogP contribution < -0.4 is 5.32 Å². The van der Waals surface area contributed by atoms with Gasteiger partial charge >= 0.3 is 0 Å². The Morgan fingerprint density at radius 3 is 2.78 bits per heavy atom. The van der Waals surface area contributed by atoms with Crippen molar-refractivity contribution in [1.82, 2.24) is 10.2 Å². The van der Waals surface area contributed by atoms with Gasteiger partial charge < -0.3 is 20.1 Å². The van der Waals surface area contributed by atoms with E-state index in [0.29, 0.717) is 38.6 Å². The molecule has 1 atom stereocenters. The minimum Gasteiger partial charge on any atom is -0.388 e. The lowest BCUT2D eigenvalue weighted by molar-refractivity contribution is -0.136. The van der Waals surface area contributed by atoms with Gasteiger partial charge in [0, 0.05) is 45.2 Å². The van der Waals surface area contributed by atoms with Crippen LogP contribution >= 0.6 is 0 Å². The van der Waals surface area contributed by atoms with Crippen molar-refractivity contribution in [2.45, 2.75) is 50.8 Å². The molecule has 0 aromatic carbocycles. The number of carbonyl (C=O) groups is 1. The molecule has 2 saturated heterocycles. The van der Waals surface area contributed by atoms with Crippen molar-refractivity contribution in [3.05, 3.63) is 0 Å². The van der Waals surface area contributed by atoms with Crippen LogP contribution in [0.2, 0.25) is 0 Å². The third-order valence-electron chi connectivity index (χ3n) is 3.74. The van der Waals surface area contributed by atoms with Crippen LogP contribution in [-0.4, -0.2) is 59.9 Å². The van der Waals surface area contributed by atoms with Gasteiger partial charge in [-0.1, -0.05) is 13.8 Å². The minimum atomic E-state index is -0.749. The average molecular weight is 256 g/mol. The topological polar surface area (TPSA) is 61.8 Å². The van der Waals surface area contributed by atoms with Crippen LogP contribution in [0.5, 0.6) is 0 Å². The van der Waals surface area contributed by atoms with Gasteiger partial charge in [0.15, 0.2) is 0 Å². The van der Waals surface area contributed by atoms with E-state index in [1.807, 2.05) is 13.8 Å². The number of likely N-dealkylation sites (tertiary alicyclic amines) is 1. The number of ether oxygens (including phenoxy) is 1. The zero-order valence-corrected chi connectivity index (χ0v) is 11.3. The van der Waals surface area contributed by atoms with Gasteiger partial charge in [0.25, 0.3) is 0 Å². The second-order valence-electron chi connectivity index (χ2n) is 5.76. The Balaban J connectivity index is 1.89. The summed E-state index contributed by atoms with van der Waals surface area (Å²) in [5.41, 5.74) is -0.749. The molecule has 5 heteroatoms. The van der Waals surface area contributed by atoms with Gasteiger partial charge in [-0.05, 0) is 6.42 Å². The second kappa shape index (κ2) is 5.55. The molecule has 2 N–H and O–H groups in total. The molecular weight excluding hydrogens is 232 g/mol. The van der Waals surface area contributed by atoms with E-state index in [1.54, 1.807) is 4.90 Å². The van der Waals surface area contributed by atoms with Crippen molar-refractivity contribution in [3.8, 4) is 0 Å². The number of hydrogen-bond acceptors (Lipinski definition) is 4. The maximum atomic E-state index is 12.2. The molecule has 2 rings (SSSR count). The lowest BCUT2D eigenvalue weighted by atomic mass is 9.94. The lowest BCUT2D eigenvalue weighted by Crippen LogP contribution is -2.49. The average Bonchev–Trinajstić information content (AvgIpc) is 2.61. The van der Waals surface area contributed by atoms with Crippen LogP contribution in [0.25, 0.3) is 0 Å². The Hall–Kier alpha value is -0.650. The summed E-state index contributed by atoms with van der Waals surface area (Å²) < 4.78 is 5.25. The maximum Gasteiger partial charge on any atom is 0.239 e. The molecule has 2 fully saturated rings. The van der Waals surface area contributed by atoms with E-state index in [9.17, 15) is 9.90 Å². The standard InChI is InChI=1S/C13H24N2O3/c1-10(2)14-11-3-6-15(12(11)16)9-13(17)4-7-18-8-5-13/h10-11,14,17H,3-9H2,1-2H3. The molecule has 2 heterocycles. The largest absolute Gasteiger partial charge is 0.388 e. The molecule has 0 aliphatic carbocycles. The van der Waals surface area contributed by atoms with Crippen molar-refractivity contribution in [3.63, 3.8) is 0 Å². The smallest absolute Gasteiger partial charge is 0.239 e. The summed E-state index contributed by atoms with van der Waals surface area (Å²) in [4.78, 5) is 14.0. The Morgan fingerprint density at radius 2 is 2.17 bits per heavy atom. The maximum absolute atomic E-state index is 12.2. The van der Waals surface area contributed by atoms with Crippen LogP contribution in [0.4, 0.5) is 0 Å². The number of nitrogens with zero attached hydrogens (tertiary/aromatic N) is 1. The van der Waals surface area contributed by atoms with Gasteiger partial charge in [0.05, 0.1) is 11.6 Å². The van der Waals surface area contributed by atoms with Gasteiger partial charge in [0.1, 0.15) is 0 Å². The Kier molecular flexibility index (Phi) is 4.25. The fourth-order valence-electron chi connectivity index (χ4n) is 2.72. The summed E-state index contributed by atoms with van der Waals surface area (Å²) in [5, 5.41) is 13.7. The molecule has 1 unspecified atom stereocenters. The van der Waals surface area contributed by atoms with E-state index in [2.05, 4.69) is 5.32 Å². The quantitative estimate of drug-likeness (QED) is 0.750. The SMILES string of the molecule is CC(C)NC1CCN(CC2(O)CCOCC2)C1=O. The van der Waals surface area contributed by atoms with E-state index in [4.69, 9.17) is 4.74 Å². The summed E-state index contributed by atoms with van der Waals surface area (Å²) in [6, 6.07) is 0.235. The van der Waals surface area contributed by atoms with Gasteiger partial charge in [-0.25, -0.2) is 0 Å². The summed E-state index contributed by atoms with van der Waals surface area (Å²) in [6.45, 7) is 6.46. The highest BCUT2D eigenvalue weighted by Gasteiger charge is 2.38. The molecule has 0 aromatic rings. The van der Waals surface area contributed by atoms with Crippen molar-refractivity contribution in [2.24, 2.45) is 0 Å². The fraction of sp³-hybridized carbons (Fsp3) is 0.923. The van der Waals surface area contributed by atoms with Crippen LogP contribution in [0.3, 0.4) is 0 Å². The molecule has 2 aliphatic rings. The summed E-state index contributed by atoms with van der Waals surface area (Å²) >= 11 is 0. The van der Waals surface area contributed by atoms with Gasteiger partial charge in [0.2, 0.25) is 5.91 Å². The van der Waals surface area contributed by atoms with Crippen LogP contribution in [0, 0.1) is 0 Å². The number of rotatable bonds is 4. The zero-order chi connectivity index (χ0) is 13.2. The molecule has 0 radical (unpaired) electrons. The van der Waals surface area contributed by atoms with E-state index >= 15 is 0 Å². The number of amides is 1. The zero-order valence-electron chi connectivity index (χ0n) is 11.3. The molecule has 0 saturated carbocycles. The number of hydrogen-bond donors (Lipinski definition) is 2. The highest BCUT2D eigenvalue weighted by Crippen LogP contribution is 2.24. The lowest BCUT2D eigenvalue weighted by Gasteiger charge is -2.35. The normalized spacial score (nSPS) is 28.1. The monoisotopic (exact) mass is 256 g/mol. The first-order valence-electron chi connectivity index (χ1n) is 6.85. The Morgan fingerprint density at radius 1 is 1.50 bits per heavy atom. The number of β-amino-alcohol motifs (C(OH)–C–C–N with tert-alkyl or cyclic N) is 1.